The molecule has 2 aromatic rings. The van der Waals surface area contributed by atoms with Gasteiger partial charge in [-0.2, -0.15) is 0 Å². The molecule has 2 rings (SSSR count). The molecule has 0 amide bonds. The molecule has 0 aliphatic carbocycles. The van der Waals surface area contributed by atoms with Crippen LogP contribution in [0.15, 0.2) is 30.6 Å². The summed E-state index contributed by atoms with van der Waals surface area (Å²) >= 11 is 0. The van der Waals surface area contributed by atoms with E-state index in [4.69, 9.17) is 14.2 Å². The van der Waals surface area contributed by atoms with Crippen LogP contribution in [0, 0.1) is 0 Å². The van der Waals surface area contributed by atoms with Crippen LogP contribution in [-0.4, -0.2) is 36.2 Å². The van der Waals surface area contributed by atoms with Crippen LogP contribution >= 0.6 is 0 Å². The summed E-state index contributed by atoms with van der Waals surface area (Å²) in [6.45, 7) is -0.188. The molecule has 0 spiro atoms. The summed E-state index contributed by atoms with van der Waals surface area (Å²) in [5.74, 6) is 1.06. The van der Waals surface area contributed by atoms with Gasteiger partial charge >= 0.3 is 0 Å². The average molecular weight is 291 g/mol. The summed E-state index contributed by atoms with van der Waals surface area (Å²) in [6, 6.07) is 5.18. The Balaban J connectivity index is 2.57. The number of nitrogens with zero attached hydrogens (tertiary/aromatic N) is 1. The van der Waals surface area contributed by atoms with Crippen LogP contribution in [-0.2, 0) is 11.3 Å². The van der Waals surface area contributed by atoms with Gasteiger partial charge in [0.05, 0.1) is 19.9 Å². The fourth-order valence-corrected chi connectivity index (χ4v) is 2.00. The second-order valence-electron chi connectivity index (χ2n) is 4.26. The van der Waals surface area contributed by atoms with Crippen molar-refractivity contribution in [3.05, 3.63) is 36.2 Å². The number of pyridine rings is 1. The predicted molar refractivity (Wildman–Crippen MR) is 76.3 cm³/mol. The Hall–Kier alpha value is -2.31. The molecule has 0 atom stereocenters. The molecule has 0 radical (unpaired) electrons. The summed E-state index contributed by atoms with van der Waals surface area (Å²) in [4.78, 5) is 3.87. The van der Waals surface area contributed by atoms with Gasteiger partial charge in [-0.25, -0.2) is 0 Å². The molecule has 0 aliphatic heterocycles. The zero-order valence-electron chi connectivity index (χ0n) is 11.9. The van der Waals surface area contributed by atoms with E-state index in [1.54, 1.807) is 25.3 Å². The first kappa shape index (κ1) is 15.1. The first-order valence-electron chi connectivity index (χ1n) is 6.28. The lowest BCUT2D eigenvalue weighted by molar-refractivity contribution is 0.0514. The molecular weight excluding hydrogens is 274 g/mol. The number of aromatic nitrogens is 1. The molecular formula is C15H17NO5. The van der Waals surface area contributed by atoms with Gasteiger partial charge in [0.2, 0.25) is 0 Å². The maximum absolute atomic E-state index is 10.1. The van der Waals surface area contributed by atoms with Crippen LogP contribution < -0.4 is 9.47 Å². The third-order valence-corrected chi connectivity index (χ3v) is 2.97. The lowest BCUT2D eigenvalue weighted by Crippen LogP contribution is -2.02. The van der Waals surface area contributed by atoms with Crippen molar-refractivity contribution in [2.75, 3.05) is 21.0 Å². The summed E-state index contributed by atoms with van der Waals surface area (Å²) in [5, 5.41) is 19.5. The second-order valence-corrected chi connectivity index (χ2v) is 4.26. The number of ether oxygens (including phenoxy) is 3. The number of aliphatic hydroxyl groups excluding tert-OH is 1. The SMILES string of the molecule is COCOc1cc(OC)ccc1-c1c(O)cncc1CO. The number of methoxy groups -OCH3 is 2. The normalized spacial score (nSPS) is 10.4. The van der Waals surface area contributed by atoms with E-state index < -0.39 is 0 Å². The van der Waals surface area contributed by atoms with Crippen molar-refractivity contribution in [1.29, 1.82) is 0 Å². The number of aromatic hydroxyl groups is 1. The van der Waals surface area contributed by atoms with Gasteiger partial charge in [0, 0.05) is 36.1 Å². The van der Waals surface area contributed by atoms with Crippen molar-refractivity contribution in [2.24, 2.45) is 0 Å². The molecule has 0 saturated heterocycles. The molecule has 6 heteroatoms. The van der Waals surface area contributed by atoms with Crippen molar-refractivity contribution >= 4 is 0 Å². The van der Waals surface area contributed by atoms with Crippen molar-refractivity contribution in [2.45, 2.75) is 6.61 Å². The monoisotopic (exact) mass is 291 g/mol. The van der Waals surface area contributed by atoms with E-state index in [0.29, 0.717) is 28.2 Å². The van der Waals surface area contributed by atoms with E-state index in [9.17, 15) is 10.2 Å². The zero-order chi connectivity index (χ0) is 15.2. The van der Waals surface area contributed by atoms with E-state index in [2.05, 4.69) is 4.98 Å². The Labute approximate surface area is 122 Å². The van der Waals surface area contributed by atoms with Gasteiger partial charge in [0.15, 0.2) is 6.79 Å². The van der Waals surface area contributed by atoms with Gasteiger partial charge in [-0.05, 0) is 12.1 Å². The van der Waals surface area contributed by atoms with Crippen LogP contribution in [0.2, 0.25) is 0 Å². The standard InChI is InChI=1S/C15H17NO5/c1-19-9-21-14-5-11(20-2)3-4-12(14)15-10(8-17)6-16-7-13(15)18/h3-7,17-18H,8-9H2,1-2H3. The first-order chi connectivity index (χ1) is 10.2. The summed E-state index contributed by atoms with van der Waals surface area (Å²) in [5.41, 5.74) is 1.60. The minimum Gasteiger partial charge on any atom is -0.506 e. The maximum atomic E-state index is 10.1. The Kier molecular flexibility index (Phi) is 4.97. The van der Waals surface area contributed by atoms with E-state index in [0.717, 1.165) is 0 Å². The molecule has 0 saturated carbocycles. The molecule has 21 heavy (non-hydrogen) atoms. The smallest absolute Gasteiger partial charge is 0.188 e. The van der Waals surface area contributed by atoms with E-state index in [1.807, 2.05) is 0 Å². The number of rotatable bonds is 6. The van der Waals surface area contributed by atoms with Gasteiger partial charge < -0.3 is 24.4 Å². The highest BCUT2D eigenvalue weighted by Gasteiger charge is 2.16. The van der Waals surface area contributed by atoms with Crippen molar-refractivity contribution < 1.29 is 24.4 Å². The van der Waals surface area contributed by atoms with Gasteiger partial charge in [-0.1, -0.05) is 0 Å². The molecule has 6 nitrogen and oxygen atoms in total. The maximum Gasteiger partial charge on any atom is 0.188 e. The Morgan fingerprint density at radius 3 is 2.67 bits per heavy atom. The molecule has 0 fully saturated rings. The van der Waals surface area contributed by atoms with Crippen molar-refractivity contribution in [3.8, 4) is 28.4 Å². The van der Waals surface area contributed by atoms with E-state index in [1.165, 1.54) is 19.5 Å². The molecule has 1 aromatic heterocycles. The van der Waals surface area contributed by atoms with Crippen molar-refractivity contribution in [1.82, 2.24) is 4.98 Å². The first-order valence-corrected chi connectivity index (χ1v) is 6.28. The number of aliphatic hydroxyl groups is 1. The lowest BCUT2D eigenvalue weighted by atomic mass is 10.00. The third kappa shape index (κ3) is 3.24. The average Bonchev–Trinajstić information content (AvgIpc) is 2.52. The van der Waals surface area contributed by atoms with E-state index >= 15 is 0 Å². The predicted octanol–water partition coefficient (Wildman–Crippen LogP) is 1.94. The van der Waals surface area contributed by atoms with Crippen LogP contribution in [0.5, 0.6) is 17.2 Å². The molecule has 2 N–H and O–H groups in total. The molecule has 112 valence electrons. The van der Waals surface area contributed by atoms with Gasteiger partial charge in [-0.15, -0.1) is 0 Å². The third-order valence-electron chi connectivity index (χ3n) is 2.97. The topological polar surface area (TPSA) is 81.0 Å². The summed E-state index contributed by atoms with van der Waals surface area (Å²) in [6.07, 6.45) is 2.82. The minimum atomic E-state index is -0.244. The zero-order valence-corrected chi connectivity index (χ0v) is 11.9. The van der Waals surface area contributed by atoms with Crippen LogP contribution in [0.25, 0.3) is 11.1 Å². The summed E-state index contributed by atoms with van der Waals surface area (Å²) in [7, 11) is 3.07. The van der Waals surface area contributed by atoms with E-state index in [-0.39, 0.29) is 19.1 Å². The lowest BCUT2D eigenvalue weighted by Gasteiger charge is -2.15. The highest BCUT2D eigenvalue weighted by Crippen LogP contribution is 2.39. The highest BCUT2D eigenvalue weighted by atomic mass is 16.7. The fourth-order valence-electron chi connectivity index (χ4n) is 2.00. The molecule has 1 aromatic carbocycles. The second kappa shape index (κ2) is 6.92. The van der Waals surface area contributed by atoms with Crippen LogP contribution in [0.4, 0.5) is 0 Å². The summed E-state index contributed by atoms with van der Waals surface area (Å²) < 4.78 is 15.6. The van der Waals surface area contributed by atoms with Gasteiger partial charge in [0.1, 0.15) is 17.2 Å². The number of benzene rings is 1. The quantitative estimate of drug-likeness (QED) is 0.792. The van der Waals surface area contributed by atoms with Crippen LogP contribution in [0.3, 0.4) is 0 Å². The fraction of sp³-hybridized carbons (Fsp3) is 0.267. The molecule has 0 bridgehead atoms. The number of hydrogen-bond donors (Lipinski definition) is 2. The molecule has 1 heterocycles. The van der Waals surface area contributed by atoms with Crippen LogP contribution in [0.1, 0.15) is 5.56 Å². The van der Waals surface area contributed by atoms with Crippen molar-refractivity contribution in [3.63, 3.8) is 0 Å². The molecule has 0 unspecified atom stereocenters. The largest absolute Gasteiger partial charge is 0.506 e. The Morgan fingerprint density at radius 2 is 2.00 bits per heavy atom. The minimum absolute atomic E-state index is 0.0333. The molecule has 0 aliphatic rings. The van der Waals surface area contributed by atoms with Gasteiger partial charge in [0.25, 0.3) is 0 Å². The highest BCUT2D eigenvalue weighted by molar-refractivity contribution is 5.78. The Bertz CT molecular complexity index is 615. The number of hydrogen-bond acceptors (Lipinski definition) is 6. The Morgan fingerprint density at radius 1 is 1.19 bits per heavy atom. The van der Waals surface area contributed by atoms with Gasteiger partial charge in [-0.3, -0.25) is 4.98 Å².